The smallest absolute Gasteiger partial charge is 0.201 e. The number of Topliss-reactive ketones (excluding diaryl/α,β-unsaturated/α-hetero) is 1. The molecular formula is C14H24NO2+. The van der Waals surface area contributed by atoms with Crippen LogP contribution in [0.5, 0.6) is 0 Å². The van der Waals surface area contributed by atoms with Gasteiger partial charge in [-0.05, 0) is 32.6 Å². The van der Waals surface area contributed by atoms with Crippen LogP contribution in [0.3, 0.4) is 0 Å². The molecule has 0 heterocycles. The van der Waals surface area contributed by atoms with Gasteiger partial charge in [0.1, 0.15) is 5.78 Å². The number of nitroso groups, excluding NO2 is 1. The average Bonchev–Trinajstić information content (AvgIpc) is 2.39. The molecule has 96 valence electrons. The Morgan fingerprint density at radius 2 is 1.41 bits per heavy atom. The molecule has 0 radical (unpaired) electrons. The molecule has 2 aliphatic rings. The summed E-state index contributed by atoms with van der Waals surface area (Å²) in [6.45, 7) is 1.68. The van der Waals surface area contributed by atoms with Gasteiger partial charge in [-0.25, -0.2) is 0 Å². The van der Waals surface area contributed by atoms with Gasteiger partial charge in [0, 0.05) is 41.3 Å². The molecule has 0 saturated heterocycles. The van der Waals surface area contributed by atoms with Gasteiger partial charge in [-0.3, -0.25) is 4.79 Å². The fourth-order valence-electron chi connectivity index (χ4n) is 3.37. The van der Waals surface area contributed by atoms with Gasteiger partial charge in [-0.1, -0.05) is 6.42 Å². The Hall–Kier alpha value is -0.730. The van der Waals surface area contributed by atoms with Crippen LogP contribution in [0.4, 0.5) is 0 Å². The second-order valence-electron chi connectivity index (χ2n) is 5.77. The highest BCUT2D eigenvalue weighted by Gasteiger charge is 2.37. The second-order valence-corrected chi connectivity index (χ2v) is 5.77. The largest absolute Gasteiger partial charge is 0.300 e. The lowest BCUT2D eigenvalue weighted by atomic mass is 9.83. The minimum atomic E-state index is 0.189. The SMILES string of the molecule is CC(=O)C1CCC([N+](=O)C2CCCCC2)CC1. The molecule has 3 nitrogen and oxygen atoms in total. The second kappa shape index (κ2) is 5.74. The first-order chi connectivity index (χ1) is 8.18. The summed E-state index contributed by atoms with van der Waals surface area (Å²) in [6.07, 6.45) is 9.57. The van der Waals surface area contributed by atoms with E-state index in [1.807, 2.05) is 0 Å². The molecule has 0 aromatic heterocycles. The zero-order valence-electron chi connectivity index (χ0n) is 10.9. The van der Waals surface area contributed by atoms with Crippen molar-refractivity contribution in [2.45, 2.75) is 76.8 Å². The summed E-state index contributed by atoms with van der Waals surface area (Å²) in [5.74, 6) is 0.532. The minimum absolute atomic E-state index is 0.189. The first-order valence-electron chi connectivity index (χ1n) is 7.14. The molecule has 0 aromatic rings. The Balaban J connectivity index is 1.83. The van der Waals surface area contributed by atoms with E-state index in [4.69, 9.17) is 0 Å². The third-order valence-electron chi connectivity index (χ3n) is 4.57. The number of carbonyl (C=O) groups is 1. The van der Waals surface area contributed by atoms with Crippen molar-refractivity contribution in [3.63, 3.8) is 0 Å². The van der Waals surface area contributed by atoms with Crippen molar-refractivity contribution in [2.75, 3.05) is 0 Å². The van der Waals surface area contributed by atoms with E-state index in [1.54, 1.807) is 6.92 Å². The molecule has 0 bridgehead atoms. The molecule has 0 aliphatic heterocycles. The zero-order chi connectivity index (χ0) is 12.3. The topological polar surface area (TPSA) is 37.1 Å². The Kier molecular flexibility index (Phi) is 4.30. The minimum Gasteiger partial charge on any atom is -0.300 e. The first-order valence-corrected chi connectivity index (χ1v) is 7.14. The standard InChI is InChI=1S/C14H24NO2/c1-11(16)12-7-9-14(10-8-12)15(17)13-5-3-2-4-6-13/h12-14H,2-10H2,1H3/q+1. The van der Waals surface area contributed by atoms with E-state index in [1.165, 1.54) is 24.0 Å². The van der Waals surface area contributed by atoms with E-state index in [0.29, 0.717) is 5.78 Å². The summed E-state index contributed by atoms with van der Waals surface area (Å²) < 4.78 is 1.38. The summed E-state index contributed by atoms with van der Waals surface area (Å²) in [6, 6.07) is 0.455. The van der Waals surface area contributed by atoms with Crippen LogP contribution in [-0.2, 0) is 4.79 Å². The lowest BCUT2D eigenvalue weighted by molar-refractivity contribution is -0.626. The van der Waals surface area contributed by atoms with Crippen molar-refractivity contribution in [1.29, 1.82) is 0 Å². The van der Waals surface area contributed by atoms with E-state index in [-0.39, 0.29) is 18.0 Å². The Labute approximate surface area is 104 Å². The highest BCUT2D eigenvalue weighted by Crippen LogP contribution is 2.30. The molecule has 2 aliphatic carbocycles. The summed E-state index contributed by atoms with van der Waals surface area (Å²) >= 11 is 0. The van der Waals surface area contributed by atoms with Crippen LogP contribution in [0.1, 0.15) is 64.7 Å². The van der Waals surface area contributed by atoms with Gasteiger partial charge in [-0.15, -0.1) is 0 Å². The fourth-order valence-corrected chi connectivity index (χ4v) is 3.37. The third kappa shape index (κ3) is 3.14. The first kappa shape index (κ1) is 12.7. The molecule has 2 rings (SSSR count). The average molecular weight is 238 g/mol. The van der Waals surface area contributed by atoms with E-state index in [9.17, 15) is 9.70 Å². The predicted octanol–water partition coefficient (Wildman–Crippen LogP) is 3.25. The summed E-state index contributed by atoms with van der Waals surface area (Å²) in [5.41, 5.74) is 0. The Bertz CT molecular complexity index is 287. The van der Waals surface area contributed by atoms with Crippen molar-refractivity contribution >= 4 is 5.78 Å². The molecule has 0 atom stereocenters. The van der Waals surface area contributed by atoms with Gasteiger partial charge in [-0.2, -0.15) is 0 Å². The van der Waals surface area contributed by atoms with E-state index in [0.717, 1.165) is 38.5 Å². The van der Waals surface area contributed by atoms with Crippen molar-refractivity contribution in [3.8, 4) is 0 Å². The van der Waals surface area contributed by atoms with Gasteiger partial charge >= 0.3 is 0 Å². The maximum Gasteiger partial charge on any atom is 0.201 e. The van der Waals surface area contributed by atoms with Crippen LogP contribution in [0.15, 0.2) is 0 Å². The van der Waals surface area contributed by atoms with E-state index in [2.05, 4.69) is 0 Å². The summed E-state index contributed by atoms with van der Waals surface area (Å²) in [5, 5.41) is 0. The third-order valence-corrected chi connectivity index (χ3v) is 4.57. The number of rotatable bonds is 3. The van der Waals surface area contributed by atoms with Crippen LogP contribution in [0.25, 0.3) is 0 Å². The van der Waals surface area contributed by atoms with Crippen molar-refractivity contribution in [2.24, 2.45) is 5.92 Å². The van der Waals surface area contributed by atoms with Crippen LogP contribution in [0, 0.1) is 10.8 Å². The zero-order valence-corrected chi connectivity index (χ0v) is 10.9. The highest BCUT2D eigenvalue weighted by atomic mass is 16.3. The molecule has 0 amide bonds. The molecule has 17 heavy (non-hydrogen) atoms. The number of carbonyl (C=O) groups excluding carboxylic acids is 1. The summed E-state index contributed by atoms with van der Waals surface area (Å²) in [4.78, 5) is 23.5. The van der Waals surface area contributed by atoms with Crippen molar-refractivity contribution in [1.82, 2.24) is 0 Å². The monoisotopic (exact) mass is 238 g/mol. The molecular weight excluding hydrogens is 214 g/mol. The van der Waals surface area contributed by atoms with E-state index < -0.39 is 0 Å². The molecule has 3 heteroatoms. The number of hydrogen-bond acceptors (Lipinski definition) is 2. The fraction of sp³-hybridized carbons (Fsp3) is 0.929. The molecule has 0 aromatic carbocycles. The van der Waals surface area contributed by atoms with Crippen LogP contribution < -0.4 is 0 Å². The lowest BCUT2D eigenvalue weighted by Gasteiger charge is -2.25. The molecule has 2 saturated carbocycles. The van der Waals surface area contributed by atoms with Crippen molar-refractivity contribution in [3.05, 3.63) is 4.91 Å². The van der Waals surface area contributed by atoms with Gasteiger partial charge in [0.2, 0.25) is 12.1 Å². The molecule has 2 fully saturated rings. The molecule has 0 spiro atoms. The van der Waals surface area contributed by atoms with Crippen molar-refractivity contribution < 1.29 is 9.55 Å². The summed E-state index contributed by atoms with van der Waals surface area (Å²) in [7, 11) is 0. The number of nitrogens with zero attached hydrogens (tertiary/aromatic N) is 1. The number of hydrogen-bond donors (Lipinski definition) is 0. The van der Waals surface area contributed by atoms with Gasteiger partial charge < -0.3 is 0 Å². The number of ketones is 1. The quantitative estimate of drug-likeness (QED) is 0.708. The lowest BCUT2D eigenvalue weighted by Crippen LogP contribution is -2.38. The van der Waals surface area contributed by atoms with Crippen LogP contribution >= 0.6 is 0 Å². The van der Waals surface area contributed by atoms with Gasteiger partial charge in [0.05, 0.1) is 0 Å². The molecule has 0 N–H and O–H groups in total. The van der Waals surface area contributed by atoms with Crippen LogP contribution in [0.2, 0.25) is 0 Å². The molecule has 0 unspecified atom stereocenters. The highest BCUT2D eigenvalue weighted by molar-refractivity contribution is 5.78. The van der Waals surface area contributed by atoms with Crippen LogP contribution in [-0.4, -0.2) is 22.6 Å². The van der Waals surface area contributed by atoms with Gasteiger partial charge in [0.25, 0.3) is 0 Å². The Morgan fingerprint density at radius 1 is 0.882 bits per heavy atom. The maximum atomic E-state index is 12.3. The Morgan fingerprint density at radius 3 is 1.94 bits per heavy atom. The van der Waals surface area contributed by atoms with E-state index >= 15 is 0 Å². The van der Waals surface area contributed by atoms with Gasteiger partial charge in [0.15, 0.2) is 0 Å². The maximum absolute atomic E-state index is 12.3. The predicted molar refractivity (Wildman–Crippen MR) is 66.9 cm³/mol. The normalized spacial score (nSPS) is 31.1.